The maximum Gasteiger partial charge on any atom is 0.341 e. The lowest BCUT2D eigenvalue weighted by atomic mass is 9.92. The molecule has 0 bridgehead atoms. The molecular weight excluding hydrogens is 344 g/mol. The third-order valence-corrected chi connectivity index (χ3v) is 5.89. The Labute approximate surface area is 142 Å². The largest absolute Gasteiger partial charge is 0.465 e. The second kappa shape index (κ2) is 7.65. The number of ether oxygens (including phenoxy) is 1. The molecule has 0 amide bonds. The molecule has 1 aliphatic heterocycles. The van der Waals surface area contributed by atoms with Crippen LogP contribution in [0.2, 0.25) is 0 Å². The Bertz CT molecular complexity index is 648. The molecule has 7 nitrogen and oxygen atoms in total. The standard InChI is InChI=1S/C14H22N2O5S.ClH/c1-9(15)11-4-6-16(7-5-11)22(18,19)13-8-12(10(2)21-13)14(17)20-3;/h8-9,11H,4-7,15H2,1-3H3;1H. The van der Waals surface area contributed by atoms with Crippen molar-refractivity contribution in [1.29, 1.82) is 0 Å². The third-order valence-electron chi connectivity index (χ3n) is 4.14. The number of furan rings is 1. The molecule has 1 saturated heterocycles. The molecule has 0 spiro atoms. The van der Waals surface area contributed by atoms with Crippen molar-refractivity contribution in [3.8, 4) is 0 Å². The number of hydrogen-bond donors (Lipinski definition) is 1. The van der Waals surface area contributed by atoms with Gasteiger partial charge in [0.1, 0.15) is 11.3 Å². The summed E-state index contributed by atoms with van der Waals surface area (Å²) in [7, 11) is -2.50. The highest BCUT2D eigenvalue weighted by atomic mass is 35.5. The summed E-state index contributed by atoms with van der Waals surface area (Å²) in [6.45, 7) is 4.28. The minimum absolute atomic E-state index is 0. The monoisotopic (exact) mass is 366 g/mol. The molecule has 1 unspecified atom stereocenters. The van der Waals surface area contributed by atoms with Gasteiger partial charge in [0.25, 0.3) is 10.0 Å². The van der Waals surface area contributed by atoms with E-state index < -0.39 is 16.0 Å². The lowest BCUT2D eigenvalue weighted by molar-refractivity contribution is 0.0598. The molecule has 23 heavy (non-hydrogen) atoms. The topological polar surface area (TPSA) is 103 Å². The van der Waals surface area contributed by atoms with E-state index in [4.69, 9.17) is 10.2 Å². The third kappa shape index (κ3) is 4.06. The van der Waals surface area contributed by atoms with Gasteiger partial charge in [-0.05, 0) is 32.6 Å². The molecule has 2 heterocycles. The van der Waals surface area contributed by atoms with Crippen molar-refractivity contribution < 1.29 is 22.4 Å². The summed E-state index contributed by atoms with van der Waals surface area (Å²) in [6.07, 6.45) is 1.45. The molecule has 1 fully saturated rings. The molecule has 0 aromatic carbocycles. The van der Waals surface area contributed by atoms with Crippen LogP contribution in [0.1, 0.15) is 35.9 Å². The fourth-order valence-corrected chi connectivity index (χ4v) is 4.11. The minimum Gasteiger partial charge on any atom is -0.465 e. The maximum absolute atomic E-state index is 12.6. The SMILES string of the molecule is COC(=O)c1cc(S(=O)(=O)N2CCC(C(C)N)CC2)oc1C.Cl. The fraction of sp³-hybridized carbons (Fsp3) is 0.643. The number of halogens is 1. The smallest absolute Gasteiger partial charge is 0.341 e. The van der Waals surface area contributed by atoms with E-state index in [9.17, 15) is 13.2 Å². The number of hydrogen-bond acceptors (Lipinski definition) is 6. The Morgan fingerprint density at radius 1 is 1.43 bits per heavy atom. The first kappa shape index (κ1) is 20.0. The molecule has 0 radical (unpaired) electrons. The van der Waals surface area contributed by atoms with Crippen molar-refractivity contribution in [3.63, 3.8) is 0 Å². The van der Waals surface area contributed by atoms with Gasteiger partial charge in [0.2, 0.25) is 5.09 Å². The average Bonchev–Trinajstić information content (AvgIpc) is 2.89. The van der Waals surface area contributed by atoms with Crippen molar-refractivity contribution in [2.75, 3.05) is 20.2 Å². The molecule has 132 valence electrons. The summed E-state index contributed by atoms with van der Waals surface area (Å²) < 4.78 is 36.4. The van der Waals surface area contributed by atoms with Crippen molar-refractivity contribution in [3.05, 3.63) is 17.4 Å². The van der Waals surface area contributed by atoms with Crippen LogP contribution in [0, 0.1) is 12.8 Å². The van der Waals surface area contributed by atoms with E-state index in [0.29, 0.717) is 19.0 Å². The Morgan fingerprint density at radius 2 is 2.00 bits per heavy atom. The second-order valence-corrected chi connectivity index (χ2v) is 7.50. The summed E-state index contributed by atoms with van der Waals surface area (Å²) in [5, 5.41) is -0.218. The summed E-state index contributed by atoms with van der Waals surface area (Å²) in [4.78, 5) is 11.6. The lowest BCUT2D eigenvalue weighted by Crippen LogP contribution is -2.42. The number of methoxy groups -OCH3 is 1. The zero-order valence-corrected chi connectivity index (χ0v) is 15.1. The highest BCUT2D eigenvalue weighted by Gasteiger charge is 2.33. The number of nitrogens with zero attached hydrogens (tertiary/aromatic N) is 1. The molecule has 2 N–H and O–H groups in total. The zero-order valence-electron chi connectivity index (χ0n) is 13.4. The van der Waals surface area contributed by atoms with E-state index in [0.717, 1.165) is 12.8 Å². The van der Waals surface area contributed by atoms with E-state index in [-0.39, 0.29) is 34.9 Å². The van der Waals surface area contributed by atoms with Crippen molar-refractivity contribution in [2.45, 2.75) is 37.8 Å². The van der Waals surface area contributed by atoms with Gasteiger partial charge in [0.15, 0.2) is 0 Å². The fourth-order valence-electron chi connectivity index (χ4n) is 2.66. The quantitative estimate of drug-likeness (QED) is 0.811. The van der Waals surface area contributed by atoms with Crippen molar-refractivity contribution in [1.82, 2.24) is 4.31 Å². The second-order valence-electron chi connectivity index (χ2n) is 5.63. The molecular formula is C14H23ClN2O5S. The number of piperidine rings is 1. The van der Waals surface area contributed by atoms with E-state index in [1.165, 1.54) is 24.4 Å². The lowest BCUT2D eigenvalue weighted by Gasteiger charge is -2.32. The molecule has 1 aromatic rings. The molecule has 1 atom stereocenters. The van der Waals surface area contributed by atoms with E-state index in [2.05, 4.69) is 4.74 Å². The van der Waals surface area contributed by atoms with Gasteiger partial charge < -0.3 is 14.9 Å². The zero-order chi connectivity index (χ0) is 16.5. The number of carbonyl (C=O) groups excluding carboxylic acids is 1. The summed E-state index contributed by atoms with van der Waals surface area (Å²) >= 11 is 0. The normalized spacial score (nSPS) is 18.3. The van der Waals surface area contributed by atoms with Crippen LogP contribution in [-0.4, -0.2) is 44.9 Å². The molecule has 9 heteroatoms. The Kier molecular flexibility index (Phi) is 6.64. The molecule has 0 aliphatic carbocycles. The van der Waals surface area contributed by atoms with Gasteiger partial charge in [0, 0.05) is 25.2 Å². The first-order chi connectivity index (χ1) is 10.3. The van der Waals surface area contributed by atoms with Crippen LogP contribution in [0.3, 0.4) is 0 Å². The van der Waals surface area contributed by atoms with Gasteiger partial charge >= 0.3 is 5.97 Å². The summed E-state index contributed by atoms with van der Waals surface area (Å²) in [5.41, 5.74) is 6.00. The van der Waals surface area contributed by atoms with Crippen molar-refractivity contribution >= 4 is 28.4 Å². The van der Waals surface area contributed by atoms with Crippen LogP contribution in [0.15, 0.2) is 15.6 Å². The van der Waals surface area contributed by atoms with Gasteiger partial charge in [-0.25, -0.2) is 13.2 Å². The van der Waals surface area contributed by atoms with Gasteiger partial charge in [-0.3, -0.25) is 0 Å². The minimum atomic E-state index is -3.74. The van der Waals surface area contributed by atoms with Gasteiger partial charge in [-0.1, -0.05) is 0 Å². The maximum atomic E-state index is 12.6. The number of aryl methyl sites for hydroxylation is 1. The van der Waals surface area contributed by atoms with Crippen LogP contribution >= 0.6 is 12.4 Å². The van der Waals surface area contributed by atoms with Crippen LogP contribution < -0.4 is 5.73 Å². The first-order valence-electron chi connectivity index (χ1n) is 7.22. The van der Waals surface area contributed by atoms with E-state index in [1.54, 1.807) is 0 Å². The molecule has 1 aromatic heterocycles. The van der Waals surface area contributed by atoms with Crippen LogP contribution in [0.5, 0.6) is 0 Å². The number of carbonyl (C=O) groups is 1. The van der Waals surface area contributed by atoms with Crippen LogP contribution in [0.4, 0.5) is 0 Å². The predicted molar refractivity (Wildman–Crippen MR) is 87.2 cm³/mol. The Balaban J connectivity index is 0.00000264. The predicted octanol–water partition coefficient (Wildman–Crippen LogP) is 1.54. The van der Waals surface area contributed by atoms with Gasteiger partial charge in [-0.15, -0.1) is 12.4 Å². The van der Waals surface area contributed by atoms with Crippen molar-refractivity contribution in [2.24, 2.45) is 11.7 Å². The number of esters is 1. The average molecular weight is 367 g/mol. The molecule has 1 aliphatic rings. The van der Waals surface area contributed by atoms with Crippen LogP contribution in [0.25, 0.3) is 0 Å². The van der Waals surface area contributed by atoms with E-state index >= 15 is 0 Å². The highest BCUT2D eigenvalue weighted by Crippen LogP contribution is 2.27. The summed E-state index contributed by atoms with van der Waals surface area (Å²) in [6, 6.07) is 1.29. The van der Waals surface area contributed by atoms with E-state index in [1.807, 2.05) is 6.92 Å². The van der Waals surface area contributed by atoms with Gasteiger partial charge in [-0.2, -0.15) is 4.31 Å². The number of rotatable bonds is 4. The molecule has 0 saturated carbocycles. The molecule has 2 rings (SSSR count). The number of nitrogens with two attached hydrogens (primary N) is 1. The summed E-state index contributed by atoms with van der Waals surface area (Å²) in [5.74, 6) is -0.0512. The Morgan fingerprint density at radius 3 is 2.48 bits per heavy atom. The Hall–Kier alpha value is -1.09. The van der Waals surface area contributed by atoms with Crippen LogP contribution in [-0.2, 0) is 14.8 Å². The highest BCUT2D eigenvalue weighted by molar-refractivity contribution is 7.89. The van der Waals surface area contributed by atoms with Gasteiger partial charge in [0.05, 0.1) is 7.11 Å². The first-order valence-corrected chi connectivity index (χ1v) is 8.66. The number of sulfonamides is 1.